The van der Waals surface area contributed by atoms with Crippen LogP contribution in [0.1, 0.15) is 188 Å². The summed E-state index contributed by atoms with van der Waals surface area (Å²) in [6.45, 7) is 6.22. The Morgan fingerprint density at radius 3 is 1.21 bits per heavy atom. The van der Waals surface area contributed by atoms with Crippen LogP contribution in [0.3, 0.4) is 0 Å². The van der Waals surface area contributed by atoms with Crippen molar-refractivity contribution in [3.63, 3.8) is 0 Å². The zero-order valence-corrected chi connectivity index (χ0v) is 40.0. The maximum absolute atomic E-state index is 12.8. The van der Waals surface area contributed by atoms with Crippen molar-refractivity contribution < 1.29 is 28.6 Å². The first-order valence-corrected chi connectivity index (χ1v) is 24.8. The molecule has 0 bridgehead atoms. The fourth-order valence-corrected chi connectivity index (χ4v) is 6.17. The number of allylic oxidation sites excluding steroid dienone is 22. The highest BCUT2D eigenvalue weighted by Crippen LogP contribution is 2.13. The van der Waals surface area contributed by atoms with E-state index in [0.29, 0.717) is 12.8 Å². The molecule has 1 unspecified atom stereocenters. The highest BCUT2D eigenvalue weighted by Gasteiger charge is 2.19. The highest BCUT2D eigenvalue weighted by atomic mass is 16.6. The lowest BCUT2D eigenvalue weighted by molar-refractivity contribution is -0.166. The summed E-state index contributed by atoms with van der Waals surface area (Å²) in [7, 11) is 0. The summed E-state index contributed by atoms with van der Waals surface area (Å²) in [5, 5.41) is 0. The number of carbonyl (C=O) groups is 3. The van der Waals surface area contributed by atoms with Crippen molar-refractivity contribution in [2.75, 3.05) is 13.2 Å². The van der Waals surface area contributed by atoms with E-state index in [1.807, 2.05) is 66.8 Å². The molecule has 0 aromatic heterocycles. The second-order valence-corrected chi connectivity index (χ2v) is 15.8. The van der Waals surface area contributed by atoms with Gasteiger partial charge in [0.05, 0.1) is 0 Å². The van der Waals surface area contributed by atoms with Crippen LogP contribution in [0.25, 0.3) is 0 Å². The third kappa shape index (κ3) is 48.4. The van der Waals surface area contributed by atoms with Crippen LogP contribution in [-0.2, 0) is 28.6 Å². The van der Waals surface area contributed by atoms with E-state index >= 15 is 0 Å². The summed E-state index contributed by atoms with van der Waals surface area (Å²) in [4.78, 5) is 37.9. The van der Waals surface area contributed by atoms with Gasteiger partial charge in [0.25, 0.3) is 0 Å². The maximum atomic E-state index is 12.8. The molecule has 0 aromatic carbocycles. The Balaban J connectivity index is 4.59. The minimum Gasteiger partial charge on any atom is -0.462 e. The first-order valence-electron chi connectivity index (χ1n) is 24.8. The van der Waals surface area contributed by atoms with Crippen LogP contribution >= 0.6 is 0 Å². The molecule has 0 saturated carbocycles. The minimum atomic E-state index is -0.830. The summed E-state index contributed by atoms with van der Waals surface area (Å²) >= 11 is 0. The van der Waals surface area contributed by atoms with Crippen LogP contribution in [0.5, 0.6) is 0 Å². The van der Waals surface area contributed by atoms with E-state index in [2.05, 4.69) is 87.6 Å². The Morgan fingerprint density at radius 1 is 0.349 bits per heavy atom. The van der Waals surface area contributed by atoms with Gasteiger partial charge in [-0.25, -0.2) is 0 Å². The molecule has 0 saturated heterocycles. The van der Waals surface area contributed by atoms with Crippen molar-refractivity contribution in [2.45, 2.75) is 194 Å². The summed E-state index contributed by atoms with van der Waals surface area (Å²) in [5.74, 6) is -1.06. The van der Waals surface area contributed by atoms with Crippen molar-refractivity contribution in [1.29, 1.82) is 0 Å². The molecule has 1 atom stereocenters. The van der Waals surface area contributed by atoms with Gasteiger partial charge < -0.3 is 14.2 Å². The topological polar surface area (TPSA) is 78.9 Å². The van der Waals surface area contributed by atoms with Gasteiger partial charge in [0.15, 0.2) is 6.10 Å². The Hall–Kier alpha value is -4.45. The zero-order valence-electron chi connectivity index (χ0n) is 40.0. The molecule has 0 aromatic rings. The van der Waals surface area contributed by atoms with Gasteiger partial charge in [-0.05, 0) is 77.0 Å². The molecule has 0 fully saturated rings. The number of ether oxygens (including phenoxy) is 3. The lowest BCUT2D eigenvalue weighted by Crippen LogP contribution is -2.30. The van der Waals surface area contributed by atoms with Crippen LogP contribution in [0.2, 0.25) is 0 Å². The molecule has 0 N–H and O–H groups in total. The molecular weight excluding hydrogens is 781 g/mol. The molecule has 0 aliphatic rings. The smallest absolute Gasteiger partial charge is 0.306 e. The molecule has 0 aliphatic heterocycles. The molecule has 6 nitrogen and oxygen atoms in total. The average molecular weight is 869 g/mol. The fourth-order valence-electron chi connectivity index (χ4n) is 6.17. The van der Waals surface area contributed by atoms with Crippen LogP contribution < -0.4 is 0 Å². The van der Waals surface area contributed by atoms with Gasteiger partial charge in [-0.15, -0.1) is 0 Å². The van der Waals surface area contributed by atoms with Gasteiger partial charge >= 0.3 is 17.9 Å². The molecule has 0 radical (unpaired) electrons. The van der Waals surface area contributed by atoms with Crippen molar-refractivity contribution in [3.8, 4) is 0 Å². The number of hydrogen-bond acceptors (Lipinski definition) is 6. The minimum absolute atomic E-state index is 0.128. The first-order chi connectivity index (χ1) is 31.0. The lowest BCUT2D eigenvalue weighted by Gasteiger charge is -2.18. The van der Waals surface area contributed by atoms with Crippen molar-refractivity contribution in [3.05, 3.63) is 134 Å². The van der Waals surface area contributed by atoms with E-state index < -0.39 is 6.10 Å². The predicted octanol–water partition coefficient (Wildman–Crippen LogP) is 16.3. The highest BCUT2D eigenvalue weighted by molar-refractivity contribution is 5.71. The first kappa shape index (κ1) is 58.6. The third-order valence-corrected chi connectivity index (χ3v) is 9.86. The zero-order chi connectivity index (χ0) is 45.8. The van der Waals surface area contributed by atoms with Crippen LogP contribution in [0.15, 0.2) is 134 Å². The molecule has 0 aliphatic carbocycles. The number of rotatable bonds is 42. The molecule has 0 heterocycles. The molecular formula is C57H88O6. The van der Waals surface area contributed by atoms with E-state index in [0.717, 1.165) is 77.0 Å². The third-order valence-electron chi connectivity index (χ3n) is 9.86. The van der Waals surface area contributed by atoms with Gasteiger partial charge in [0.1, 0.15) is 13.2 Å². The Labute approximate surface area is 385 Å². The Morgan fingerprint density at radius 2 is 0.714 bits per heavy atom. The van der Waals surface area contributed by atoms with Crippen molar-refractivity contribution >= 4 is 17.9 Å². The van der Waals surface area contributed by atoms with Gasteiger partial charge in [-0.3, -0.25) is 14.4 Å². The average Bonchev–Trinajstić information content (AvgIpc) is 3.28. The molecule has 0 rings (SSSR count). The molecule has 0 amide bonds. The lowest BCUT2D eigenvalue weighted by atomic mass is 10.1. The van der Waals surface area contributed by atoms with E-state index in [-0.39, 0.29) is 50.4 Å². The molecule has 0 spiro atoms. The Kier molecular flexibility index (Phi) is 46.7. The molecule has 63 heavy (non-hydrogen) atoms. The van der Waals surface area contributed by atoms with E-state index in [9.17, 15) is 14.4 Å². The number of unbranched alkanes of at least 4 members (excludes halogenated alkanes) is 16. The van der Waals surface area contributed by atoms with Crippen LogP contribution in [0, 0.1) is 0 Å². The standard InChI is InChI=1S/C57H88O6/c1-4-7-10-13-16-19-22-25-27-28-30-32-35-38-41-44-47-50-56(59)62-53-54(52-61-55(58)49-46-43-40-37-34-31-24-21-18-15-12-9-6-3)63-57(60)51-48-45-42-39-36-33-29-26-23-20-17-14-11-8-5-2/h7-8,10-11,13-14,16-17,19-20,22-23,25,27-28,30-32,34-35,40,43,54H,4-6,9,12,15,18,21,24,26,29,33,36-39,41-42,44-53H2,1-3H3/b10-7+,11-8+,16-13+,17-14+,22-19+,23-20+,27-25+,30-28+,34-31+,35-32+,43-40+. The van der Waals surface area contributed by atoms with Crippen molar-refractivity contribution in [2.24, 2.45) is 0 Å². The van der Waals surface area contributed by atoms with Crippen LogP contribution in [-0.4, -0.2) is 37.2 Å². The molecule has 352 valence electrons. The largest absolute Gasteiger partial charge is 0.462 e. The number of carbonyl (C=O) groups excluding carboxylic acids is 3. The predicted molar refractivity (Wildman–Crippen MR) is 269 cm³/mol. The quantitative estimate of drug-likeness (QED) is 0.0200. The van der Waals surface area contributed by atoms with E-state index in [4.69, 9.17) is 14.2 Å². The molecule has 6 heteroatoms. The second-order valence-electron chi connectivity index (χ2n) is 15.8. The van der Waals surface area contributed by atoms with Crippen LogP contribution in [0.4, 0.5) is 0 Å². The second kappa shape index (κ2) is 50.2. The van der Waals surface area contributed by atoms with E-state index in [1.165, 1.54) is 57.8 Å². The monoisotopic (exact) mass is 869 g/mol. The van der Waals surface area contributed by atoms with Gasteiger partial charge in [0.2, 0.25) is 0 Å². The van der Waals surface area contributed by atoms with Crippen molar-refractivity contribution in [1.82, 2.24) is 0 Å². The number of hydrogen-bond donors (Lipinski definition) is 0. The fraction of sp³-hybridized carbons (Fsp3) is 0.561. The summed E-state index contributed by atoms with van der Waals surface area (Å²) < 4.78 is 16.7. The van der Waals surface area contributed by atoms with E-state index in [1.54, 1.807) is 0 Å². The summed E-state index contributed by atoms with van der Waals surface area (Å²) in [5.41, 5.74) is 0. The maximum Gasteiger partial charge on any atom is 0.306 e. The summed E-state index contributed by atoms with van der Waals surface area (Å²) in [6.07, 6.45) is 70.1. The Bertz CT molecular complexity index is 1420. The summed E-state index contributed by atoms with van der Waals surface area (Å²) in [6, 6.07) is 0. The van der Waals surface area contributed by atoms with Gasteiger partial charge in [0, 0.05) is 19.3 Å². The van der Waals surface area contributed by atoms with Gasteiger partial charge in [-0.2, -0.15) is 0 Å². The van der Waals surface area contributed by atoms with Gasteiger partial charge in [-0.1, -0.05) is 225 Å². The SMILES string of the molecule is CC/C=C/C=C/C=C/C=C/C=C/C=C/CCCCCC(=O)OCC(COC(=O)CC/C=C/C/C=C/CCCCCCCC)OC(=O)CCCCCCCCC/C=C/C=C/C=C/CC. The normalized spacial score (nSPS) is 13.3. The number of esters is 3.